The molecular formula is C11H14Cl2N2O2S. The molecule has 1 saturated heterocycles. The predicted octanol–water partition coefficient (Wildman–Crippen LogP) is 2.07. The summed E-state index contributed by atoms with van der Waals surface area (Å²) in [7, 11) is -3.10. The average molecular weight is 309 g/mol. The molecule has 4 nitrogen and oxygen atoms in total. The fourth-order valence-electron chi connectivity index (χ4n) is 2.00. The van der Waals surface area contributed by atoms with E-state index < -0.39 is 10.0 Å². The molecule has 7 heteroatoms. The zero-order chi connectivity index (χ0) is 13.3. The van der Waals surface area contributed by atoms with Crippen molar-refractivity contribution >= 4 is 38.9 Å². The van der Waals surface area contributed by atoms with Gasteiger partial charge in [-0.15, -0.1) is 0 Å². The number of anilines is 1. The van der Waals surface area contributed by atoms with Crippen LogP contribution >= 0.6 is 23.2 Å². The van der Waals surface area contributed by atoms with Crippen LogP contribution in [0.15, 0.2) is 18.2 Å². The highest BCUT2D eigenvalue weighted by Gasteiger charge is 2.24. The average Bonchev–Trinajstić information content (AvgIpc) is 2.32. The molecule has 2 rings (SSSR count). The maximum Gasteiger partial charge on any atom is 0.211 e. The zero-order valence-corrected chi connectivity index (χ0v) is 12.3. The van der Waals surface area contributed by atoms with Crippen molar-refractivity contribution in [2.75, 3.05) is 37.3 Å². The summed E-state index contributed by atoms with van der Waals surface area (Å²) in [6, 6.07) is 5.47. The molecule has 1 heterocycles. The number of rotatable bonds is 2. The molecule has 0 unspecified atom stereocenters. The minimum Gasteiger partial charge on any atom is -0.368 e. The van der Waals surface area contributed by atoms with E-state index in [0.29, 0.717) is 36.2 Å². The van der Waals surface area contributed by atoms with E-state index in [2.05, 4.69) is 4.90 Å². The molecule has 0 saturated carbocycles. The van der Waals surface area contributed by atoms with E-state index in [1.165, 1.54) is 10.6 Å². The Morgan fingerprint density at radius 2 is 1.72 bits per heavy atom. The molecule has 1 aliphatic heterocycles. The lowest BCUT2D eigenvalue weighted by Gasteiger charge is -2.35. The van der Waals surface area contributed by atoms with Gasteiger partial charge in [-0.2, -0.15) is 4.31 Å². The number of hydrogen-bond donors (Lipinski definition) is 0. The Balaban J connectivity index is 2.13. The molecule has 0 bridgehead atoms. The van der Waals surface area contributed by atoms with Crippen LogP contribution in [-0.2, 0) is 10.0 Å². The van der Waals surface area contributed by atoms with E-state index in [9.17, 15) is 8.42 Å². The monoisotopic (exact) mass is 308 g/mol. The fourth-order valence-corrected chi connectivity index (χ4v) is 3.24. The maximum atomic E-state index is 11.4. The summed E-state index contributed by atoms with van der Waals surface area (Å²) in [6.45, 7) is 2.18. The quantitative estimate of drug-likeness (QED) is 0.840. The lowest BCUT2D eigenvalue weighted by atomic mass is 10.2. The molecule has 0 spiro atoms. The van der Waals surface area contributed by atoms with Crippen LogP contribution < -0.4 is 4.90 Å². The Hall–Kier alpha value is -0.490. The van der Waals surface area contributed by atoms with Crippen LogP contribution in [0.1, 0.15) is 0 Å². The smallest absolute Gasteiger partial charge is 0.211 e. The maximum absolute atomic E-state index is 11.4. The molecule has 100 valence electrons. The van der Waals surface area contributed by atoms with Gasteiger partial charge in [0.1, 0.15) is 0 Å². The molecule has 0 radical (unpaired) electrons. The van der Waals surface area contributed by atoms with Gasteiger partial charge in [-0.3, -0.25) is 0 Å². The SMILES string of the molecule is CS(=O)(=O)N1CCN(c2cccc(Cl)c2Cl)CC1. The summed E-state index contributed by atoms with van der Waals surface area (Å²) in [5.41, 5.74) is 0.859. The molecule has 0 amide bonds. The predicted molar refractivity (Wildman–Crippen MR) is 75.1 cm³/mol. The van der Waals surface area contributed by atoms with E-state index in [0.717, 1.165) is 5.69 Å². The number of halogens is 2. The summed E-state index contributed by atoms with van der Waals surface area (Å²) < 4.78 is 24.3. The Morgan fingerprint density at radius 1 is 1.11 bits per heavy atom. The molecule has 1 aromatic carbocycles. The van der Waals surface area contributed by atoms with Crippen LogP contribution in [0, 0.1) is 0 Å². The van der Waals surface area contributed by atoms with Crippen LogP contribution in [-0.4, -0.2) is 45.2 Å². The molecule has 0 aromatic heterocycles. The van der Waals surface area contributed by atoms with Gasteiger partial charge in [0.2, 0.25) is 10.0 Å². The second-order valence-corrected chi connectivity index (χ2v) is 6.99. The molecule has 18 heavy (non-hydrogen) atoms. The van der Waals surface area contributed by atoms with Crippen molar-refractivity contribution < 1.29 is 8.42 Å². The van der Waals surface area contributed by atoms with Crippen LogP contribution in [0.5, 0.6) is 0 Å². The third-order valence-corrected chi connectivity index (χ3v) is 5.09. The highest BCUT2D eigenvalue weighted by Crippen LogP contribution is 2.32. The lowest BCUT2D eigenvalue weighted by Crippen LogP contribution is -2.48. The summed E-state index contributed by atoms with van der Waals surface area (Å²) in [4.78, 5) is 2.05. The van der Waals surface area contributed by atoms with Crippen molar-refractivity contribution in [2.45, 2.75) is 0 Å². The summed E-state index contributed by atoms with van der Waals surface area (Å²) in [6.07, 6.45) is 1.23. The summed E-state index contributed by atoms with van der Waals surface area (Å²) >= 11 is 12.1. The normalized spacial score (nSPS) is 18.1. The topological polar surface area (TPSA) is 40.6 Å². The van der Waals surface area contributed by atoms with Gasteiger partial charge in [-0.05, 0) is 12.1 Å². The minimum atomic E-state index is -3.10. The van der Waals surface area contributed by atoms with Crippen LogP contribution in [0.3, 0.4) is 0 Å². The van der Waals surface area contributed by atoms with Gasteiger partial charge >= 0.3 is 0 Å². The van der Waals surface area contributed by atoms with Crippen molar-refractivity contribution in [2.24, 2.45) is 0 Å². The van der Waals surface area contributed by atoms with Crippen molar-refractivity contribution in [1.82, 2.24) is 4.31 Å². The second-order valence-electron chi connectivity index (χ2n) is 4.22. The molecule has 1 aromatic rings. The Morgan fingerprint density at radius 3 is 2.28 bits per heavy atom. The number of piperazine rings is 1. The molecule has 1 fully saturated rings. The van der Waals surface area contributed by atoms with Gasteiger partial charge in [0.05, 0.1) is 22.0 Å². The molecular weight excluding hydrogens is 295 g/mol. The minimum absolute atomic E-state index is 0.474. The van der Waals surface area contributed by atoms with E-state index in [-0.39, 0.29) is 0 Å². The second kappa shape index (κ2) is 5.25. The Kier molecular flexibility index (Phi) is 4.06. The molecule has 0 aliphatic carbocycles. The van der Waals surface area contributed by atoms with Crippen LogP contribution in [0.25, 0.3) is 0 Å². The Bertz CT molecular complexity index is 540. The first-order valence-electron chi connectivity index (χ1n) is 5.53. The summed E-state index contributed by atoms with van der Waals surface area (Å²) in [5.74, 6) is 0. The number of nitrogens with zero attached hydrogens (tertiary/aromatic N) is 2. The van der Waals surface area contributed by atoms with Crippen LogP contribution in [0.2, 0.25) is 10.0 Å². The number of hydrogen-bond acceptors (Lipinski definition) is 3. The first-order chi connectivity index (χ1) is 8.39. The number of benzene rings is 1. The van der Waals surface area contributed by atoms with Crippen molar-refractivity contribution in [3.05, 3.63) is 28.2 Å². The standard InChI is InChI=1S/C11H14Cl2N2O2S/c1-18(16,17)15-7-5-14(6-8-15)10-4-2-3-9(12)11(10)13/h2-4H,5-8H2,1H3. The van der Waals surface area contributed by atoms with Gasteiger partial charge < -0.3 is 4.90 Å². The van der Waals surface area contributed by atoms with E-state index in [1.54, 1.807) is 6.07 Å². The van der Waals surface area contributed by atoms with Gasteiger partial charge in [0, 0.05) is 26.2 Å². The first kappa shape index (κ1) is 13.9. The number of sulfonamides is 1. The third-order valence-electron chi connectivity index (χ3n) is 2.98. The van der Waals surface area contributed by atoms with Gasteiger partial charge in [-0.1, -0.05) is 29.3 Å². The fraction of sp³-hybridized carbons (Fsp3) is 0.455. The zero-order valence-electron chi connectivity index (χ0n) is 9.94. The molecule has 1 aliphatic rings. The Labute approximate surface area is 117 Å². The first-order valence-corrected chi connectivity index (χ1v) is 8.14. The largest absolute Gasteiger partial charge is 0.368 e. The third kappa shape index (κ3) is 2.91. The van der Waals surface area contributed by atoms with Crippen molar-refractivity contribution in [3.8, 4) is 0 Å². The lowest BCUT2D eigenvalue weighted by molar-refractivity contribution is 0.388. The summed E-state index contributed by atoms with van der Waals surface area (Å²) in [5, 5.41) is 1.03. The highest BCUT2D eigenvalue weighted by atomic mass is 35.5. The van der Waals surface area contributed by atoms with E-state index >= 15 is 0 Å². The van der Waals surface area contributed by atoms with Crippen molar-refractivity contribution in [1.29, 1.82) is 0 Å². The van der Waals surface area contributed by atoms with E-state index in [4.69, 9.17) is 23.2 Å². The van der Waals surface area contributed by atoms with Gasteiger partial charge in [-0.25, -0.2) is 8.42 Å². The van der Waals surface area contributed by atoms with Gasteiger partial charge in [0.25, 0.3) is 0 Å². The highest BCUT2D eigenvalue weighted by molar-refractivity contribution is 7.88. The molecule has 0 N–H and O–H groups in total. The van der Waals surface area contributed by atoms with E-state index in [1.807, 2.05) is 12.1 Å². The van der Waals surface area contributed by atoms with Crippen LogP contribution in [0.4, 0.5) is 5.69 Å². The van der Waals surface area contributed by atoms with Gasteiger partial charge in [0.15, 0.2) is 0 Å². The van der Waals surface area contributed by atoms with Crippen molar-refractivity contribution in [3.63, 3.8) is 0 Å². The molecule has 0 atom stereocenters.